The molecule has 4 heteroatoms. The van der Waals surface area contributed by atoms with Crippen molar-refractivity contribution in [3.05, 3.63) is 24.1 Å². The first-order valence-corrected chi connectivity index (χ1v) is 8.65. The molecule has 0 radical (unpaired) electrons. The SMILES string of the molecule is O=C(O)[C@@H](C1CCCCC1)N1CC[C@@H](C2C=CC=C(F)C2)C1. The highest BCUT2D eigenvalue weighted by molar-refractivity contribution is 5.74. The Morgan fingerprint density at radius 2 is 2.05 bits per heavy atom. The monoisotopic (exact) mass is 307 g/mol. The first-order valence-electron chi connectivity index (χ1n) is 8.65. The molecule has 2 aliphatic carbocycles. The third kappa shape index (κ3) is 3.43. The van der Waals surface area contributed by atoms with Crippen LogP contribution in [0.1, 0.15) is 44.9 Å². The van der Waals surface area contributed by atoms with Crippen molar-refractivity contribution in [1.29, 1.82) is 0 Å². The average Bonchev–Trinajstić information content (AvgIpc) is 2.98. The van der Waals surface area contributed by atoms with Gasteiger partial charge in [-0.3, -0.25) is 9.69 Å². The number of carboxylic acids is 1. The highest BCUT2D eigenvalue weighted by Crippen LogP contribution is 2.36. The van der Waals surface area contributed by atoms with Crippen molar-refractivity contribution in [3.63, 3.8) is 0 Å². The van der Waals surface area contributed by atoms with E-state index in [1.807, 2.05) is 6.08 Å². The summed E-state index contributed by atoms with van der Waals surface area (Å²) in [4.78, 5) is 14.0. The molecule has 1 unspecified atom stereocenters. The van der Waals surface area contributed by atoms with Gasteiger partial charge in [0.05, 0.1) is 0 Å². The van der Waals surface area contributed by atoms with Gasteiger partial charge in [-0.25, -0.2) is 4.39 Å². The Kier molecular flexibility index (Phi) is 4.97. The Bertz CT molecular complexity index is 468. The average molecular weight is 307 g/mol. The zero-order chi connectivity index (χ0) is 15.5. The molecule has 1 heterocycles. The smallest absolute Gasteiger partial charge is 0.321 e. The van der Waals surface area contributed by atoms with Crippen LogP contribution in [0.25, 0.3) is 0 Å². The Balaban J connectivity index is 1.63. The van der Waals surface area contributed by atoms with Crippen LogP contribution >= 0.6 is 0 Å². The van der Waals surface area contributed by atoms with E-state index in [4.69, 9.17) is 0 Å². The summed E-state index contributed by atoms with van der Waals surface area (Å²) in [6, 6.07) is -0.335. The van der Waals surface area contributed by atoms with Gasteiger partial charge in [0, 0.05) is 13.0 Å². The second-order valence-corrected chi connectivity index (χ2v) is 7.09. The number of aliphatic carboxylic acids is 1. The molecule has 0 aromatic heterocycles. The van der Waals surface area contributed by atoms with Crippen LogP contribution in [0.4, 0.5) is 4.39 Å². The predicted molar refractivity (Wildman–Crippen MR) is 84.1 cm³/mol. The maximum Gasteiger partial charge on any atom is 0.321 e. The van der Waals surface area contributed by atoms with Gasteiger partial charge in [-0.1, -0.05) is 31.4 Å². The van der Waals surface area contributed by atoms with Gasteiger partial charge >= 0.3 is 5.97 Å². The molecule has 1 saturated heterocycles. The second kappa shape index (κ2) is 6.95. The molecular formula is C18H26FNO2. The molecule has 2 fully saturated rings. The van der Waals surface area contributed by atoms with Crippen molar-refractivity contribution in [3.8, 4) is 0 Å². The topological polar surface area (TPSA) is 40.5 Å². The number of allylic oxidation sites excluding steroid dienone is 4. The maximum absolute atomic E-state index is 13.5. The number of hydrogen-bond donors (Lipinski definition) is 1. The summed E-state index contributed by atoms with van der Waals surface area (Å²) in [6.07, 6.45) is 12.5. The van der Waals surface area contributed by atoms with Crippen molar-refractivity contribution < 1.29 is 14.3 Å². The van der Waals surface area contributed by atoms with Crippen LogP contribution in [0, 0.1) is 17.8 Å². The van der Waals surface area contributed by atoms with Gasteiger partial charge in [-0.05, 0) is 49.6 Å². The number of carbonyl (C=O) groups is 1. The summed E-state index contributed by atoms with van der Waals surface area (Å²) in [5.74, 6) is 0.200. The minimum Gasteiger partial charge on any atom is -0.480 e. The number of nitrogens with zero attached hydrogens (tertiary/aromatic N) is 1. The number of halogens is 1. The van der Waals surface area contributed by atoms with Crippen molar-refractivity contribution in [2.45, 2.75) is 51.0 Å². The summed E-state index contributed by atoms with van der Waals surface area (Å²) < 4.78 is 13.5. The lowest BCUT2D eigenvalue weighted by Gasteiger charge is -2.34. The van der Waals surface area contributed by atoms with Crippen LogP contribution in [-0.2, 0) is 4.79 Å². The molecule has 1 saturated carbocycles. The third-order valence-electron chi connectivity index (χ3n) is 5.67. The zero-order valence-electron chi connectivity index (χ0n) is 13.1. The van der Waals surface area contributed by atoms with E-state index in [9.17, 15) is 14.3 Å². The van der Waals surface area contributed by atoms with E-state index in [0.717, 1.165) is 45.2 Å². The Labute approximate surface area is 131 Å². The first kappa shape index (κ1) is 15.7. The fourth-order valence-electron chi connectivity index (χ4n) is 4.51. The first-order chi connectivity index (χ1) is 10.6. The number of hydrogen-bond acceptors (Lipinski definition) is 2. The fourth-order valence-corrected chi connectivity index (χ4v) is 4.51. The van der Waals surface area contributed by atoms with E-state index < -0.39 is 5.97 Å². The largest absolute Gasteiger partial charge is 0.480 e. The molecule has 3 atom stereocenters. The molecule has 1 aliphatic heterocycles. The molecule has 0 amide bonds. The van der Waals surface area contributed by atoms with Crippen LogP contribution in [-0.4, -0.2) is 35.1 Å². The Morgan fingerprint density at radius 1 is 1.27 bits per heavy atom. The zero-order valence-corrected chi connectivity index (χ0v) is 13.1. The number of likely N-dealkylation sites (tertiary alicyclic amines) is 1. The minimum atomic E-state index is -0.669. The van der Waals surface area contributed by atoms with Gasteiger partial charge in [0.25, 0.3) is 0 Å². The Hall–Kier alpha value is -1.16. The van der Waals surface area contributed by atoms with Gasteiger partial charge in [-0.2, -0.15) is 0 Å². The van der Waals surface area contributed by atoms with Gasteiger partial charge in [0.2, 0.25) is 0 Å². The lowest BCUT2D eigenvalue weighted by molar-refractivity contribution is -0.145. The van der Waals surface area contributed by atoms with Crippen molar-refractivity contribution in [1.82, 2.24) is 4.90 Å². The van der Waals surface area contributed by atoms with Gasteiger partial charge < -0.3 is 5.11 Å². The Morgan fingerprint density at radius 3 is 2.73 bits per heavy atom. The fraction of sp³-hybridized carbons (Fsp3) is 0.722. The minimum absolute atomic E-state index is 0.0481. The molecule has 0 aromatic rings. The molecule has 22 heavy (non-hydrogen) atoms. The van der Waals surface area contributed by atoms with E-state index in [-0.39, 0.29) is 17.8 Å². The van der Waals surface area contributed by atoms with Crippen LogP contribution < -0.4 is 0 Å². The quantitative estimate of drug-likeness (QED) is 0.859. The molecule has 3 rings (SSSR count). The molecule has 0 spiro atoms. The lowest BCUT2D eigenvalue weighted by Crippen LogP contribution is -2.46. The molecule has 0 aromatic carbocycles. The molecule has 3 nitrogen and oxygen atoms in total. The number of carboxylic acid groups (broad SMARTS) is 1. The maximum atomic E-state index is 13.5. The predicted octanol–water partition coefficient (Wildman–Crippen LogP) is 3.77. The van der Waals surface area contributed by atoms with E-state index in [2.05, 4.69) is 11.0 Å². The molecule has 1 N–H and O–H groups in total. The lowest BCUT2D eigenvalue weighted by atomic mass is 9.83. The normalized spacial score (nSPS) is 32.0. The third-order valence-corrected chi connectivity index (χ3v) is 5.67. The van der Waals surface area contributed by atoms with Gasteiger partial charge in [0.15, 0.2) is 0 Å². The summed E-state index contributed by atoms with van der Waals surface area (Å²) in [5.41, 5.74) is 0. The summed E-state index contributed by atoms with van der Waals surface area (Å²) in [5, 5.41) is 9.70. The van der Waals surface area contributed by atoms with E-state index >= 15 is 0 Å². The van der Waals surface area contributed by atoms with Crippen molar-refractivity contribution >= 4 is 5.97 Å². The summed E-state index contributed by atoms with van der Waals surface area (Å²) >= 11 is 0. The standard InChI is InChI=1S/C18H26FNO2/c19-16-8-4-7-14(11-16)15-9-10-20(12-15)17(18(21)22)13-5-2-1-3-6-13/h4,7-8,13-15,17H,1-3,5-6,9-12H2,(H,21,22)/t14?,15-,17-/m1/s1. The van der Waals surface area contributed by atoms with Crippen LogP contribution in [0.2, 0.25) is 0 Å². The van der Waals surface area contributed by atoms with Crippen LogP contribution in [0.5, 0.6) is 0 Å². The molecule has 122 valence electrons. The van der Waals surface area contributed by atoms with Crippen molar-refractivity contribution in [2.24, 2.45) is 17.8 Å². The van der Waals surface area contributed by atoms with Gasteiger partial charge in [-0.15, -0.1) is 0 Å². The second-order valence-electron chi connectivity index (χ2n) is 7.09. The van der Waals surface area contributed by atoms with Gasteiger partial charge in [0.1, 0.15) is 11.9 Å². The van der Waals surface area contributed by atoms with E-state index in [1.165, 1.54) is 12.5 Å². The molecule has 0 bridgehead atoms. The highest BCUT2D eigenvalue weighted by atomic mass is 19.1. The van der Waals surface area contributed by atoms with Crippen LogP contribution in [0.3, 0.4) is 0 Å². The van der Waals surface area contributed by atoms with Crippen LogP contribution in [0.15, 0.2) is 24.1 Å². The summed E-state index contributed by atoms with van der Waals surface area (Å²) in [7, 11) is 0. The molecule has 3 aliphatic rings. The van der Waals surface area contributed by atoms with E-state index in [1.54, 1.807) is 0 Å². The summed E-state index contributed by atoms with van der Waals surface area (Å²) in [6.45, 7) is 1.64. The number of rotatable bonds is 4. The highest BCUT2D eigenvalue weighted by Gasteiger charge is 2.39. The molecular weight excluding hydrogens is 281 g/mol. The van der Waals surface area contributed by atoms with Crippen molar-refractivity contribution in [2.75, 3.05) is 13.1 Å². The van der Waals surface area contributed by atoms with E-state index in [0.29, 0.717) is 18.3 Å².